The Kier molecular flexibility index (Phi) is 4.94. The maximum absolute atomic E-state index is 11.3. The SMILES string of the molecule is Cc1cccc(Nc2nc(N)c([N+](=O)[O-])c(NC[C@@H]3CCCO3)n2)c1. The van der Waals surface area contributed by atoms with Crippen molar-refractivity contribution in [2.24, 2.45) is 0 Å². The highest BCUT2D eigenvalue weighted by atomic mass is 16.6. The van der Waals surface area contributed by atoms with Crippen LogP contribution in [-0.2, 0) is 4.74 Å². The molecule has 1 atom stereocenters. The van der Waals surface area contributed by atoms with Gasteiger partial charge in [0, 0.05) is 18.8 Å². The summed E-state index contributed by atoms with van der Waals surface area (Å²) in [6, 6.07) is 7.63. The van der Waals surface area contributed by atoms with Gasteiger partial charge in [-0.2, -0.15) is 9.97 Å². The monoisotopic (exact) mass is 344 g/mol. The lowest BCUT2D eigenvalue weighted by atomic mass is 10.2. The van der Waals surface area contributed by atoms with Crippen LogP contribution in [0.15, 0.2) is 24.3 Å². The van der Waals surface area contributed by atoms with Crippen molar-refractivity contribution in [3.8, 4) is 0 Å². The van der Waals surface area contributed by atoms with Gasteiger partial charge in [0.2, 0.25) is 17.6 Å². The Morgan fingerprint density at radius 1 is 1.44 bits per heavy atom. The molecule has 1 aromatic carbocycles. The largest absolute Gasteiger partial charge is 0.378 e. The molecule has 0 unspecified atom stereocenters. The Bertz CT molecular complexity index is 776. The van der Waals surface area contributed by atoms with Gasteiger partial charge in [-0.3, -0.25) is 10.1 Å². The summed E-state index contributed by atoms with van der Waals surface area (Å²) < 4.78 is 5.52. The van der Waals surface area contributed by atoms with Crippen molar-refractivity contribution in [1.82, 2.24) is 9.97 Å². The molecule has 0 radical (unpaired) electrons. The zero-order chi connectivity index (χ0) is 17.8. The van der Waals surface area contributed by atoms with E-state index in [1.54, 1.807) is 0 Å². The first kappa shape index (κ1) is 16.9. The number of nitro groups is 1. The van der Waals surface area contributed by atoms with E-state index in [-0.39, 0.29) is 29.4 Å². The molecule has 25 heavy (non-hydrogen) atoms. The molecule has 0 aliphatic carbocycles. The van der Waals surface area contributed by atoms with E-state index >= 15 is 0 Å². The van der Waals surface area contributed by atoms with Crippen LogP contribution in [0.1, 0.15) is 18.4 Å². The fourth-order valence-electron chi connectivity index (χ4n) is 2.70. The molecular formula is C16H20N6O3. The van der Waals surface area contributed by atoms with E-state index in [9.17, 15) is 10.1 Å². The lowest BCUT2D eigenvalue weighted by Gasteiger charge is -2.13. The first-order valence-electron chi connectivity index (χ1n) is 8.04. The van der Waals surface area contributed by atoms with Crippen molar-refractivity contribution in [3.05, 3.63) is 39.9 Å². The van der Waals surface area contributed by atoms with Crippen LogP contribution in [0.2, 0.25) is 0 Å². The molecule has 0 spiro atoms. The summed E-state index contributed by atoms with van der Waals surface area (Å²) in [5, 5.41) is 17.3. The molecule has 0 saturated carbocycles. The van der Waals surface area contributed by atoms with Gasteiger partial charge in [-0.15, -0.1) is 0 Å². The van der Waals surface area contributed by atoms with Crippen LogP contribution in [0, 0.1) is 17.0 Å². The van der Waals surface area contributed by atoms with Crippen LogP contribution in [0.3, 0.4) is 0 Å². The van der Waals surface area contributed by atoms with E-state index in [4.69, 9.17) is 10.5 Å². The fourth-order valence-corrected chi connectivity index (χ4v) is 2.70. The molecule has 1 saturated heterocycles. The van der Waals surface area contributed by atoms with Gasteiger partial charge < -0.3 is 21.1 Å². The normalized spacial score (nSPS) is 16.6. The van der Waals surface area contributed by atoms with Crippen molar-refractivity contribution in [3.63, 3.8) is 0 Å². The Balaban J connectivity index is 1.85. The van der Waals surface area contributed by atoms with Gasteiger partial charge in [0.1, 0.15) is 0 Å². The van der Waals surface area contributed by atoms with E-state index in [1.165, 1.54) is 0 Å². The molecule has 9 nitrogen and oxygen atoms in total. The Labute approximate surface area is 144 Å². The molecule has 3 rings (SSSR count). The Morgan fingerprint density at radius 3 is 2.96 bits per heavy atom. The van der Waals surface area contributed by atoms with Gasteiger partial charge in [-0.25, -0.2) is 0 Å². The quantitative estimate of drug-likeness (QED) is 0.539. The highest BCUT2D eigenvalue weighted by Crippen LogP contribution is 2.30. The van der Waals surface area contributed by atoms with Crippen LogP contribution in [-0.4, -0.2) is 34.1 Å². The van der Waals surface area contributed by atoms with Gasteiger partial charge in [0.15, 0.2) is 0 Å². The molecule has 1 fully saturated rings. The van der Waals surface area contributed by atoms with Crippen LogP contribution in [0.4, 0.5) is 29.0 Å². The number of hydrogen-bond donors (Lipinski definition) is 3. The number of nitrogens with zero attached hydrogens (tertiary/aromatic N) is 3. The maximum atomic E-state index is 11.3. The van der Waals surface area contributed by atoms with Crippen LogP contribution < -0.4 is 16.4 Å². The van der Waals surface area contributed by atoms with E-state index in [0.717, 1.165) is 24.1 Å². The number of aromatic nitrogens is 2. The second-order valence-corrected chi connectivity index (χ2v) is 5.90. The van der Waals surface area contributed by atoms with Crippen LogP contribution in [0.5, 0.6) is 0 Å². The number of aryl methyl sites for hydroxylation is 1. The number of nitrogens with two attached hydrogens (primary N) is 1. The second-order valence-electron chi connectivity index (χ2n) is 5.90. The summed E-state index contributed by atoms with van der Waals surface area (Å²) in [4.78, 5) is 19.0. The Hall–Kier alpha value is -2.94. The lowest BCUT2D eigenvalue weighted by Crippen LogP contribution is -2.20. The van der Waals surface area contributed by atoms with Gasteiger partial charge in [0.25, 0.3) is 0 Å². The topological polar surface area (TPSA) is 128 Å². The fraction of sp³-hybridized carbons (Fsp3) is 0.375. The number of rotatable bonds is 6. The number of nitrogen functional groups attached to an aromatic ring is 1. The average Bonchev–Trinajstić information content (AvgIpc) is 3.05. The zero-order valence-electron chi connectivity index (χ0n) is 13.9. The van der Waals surface area contributed by atoms with Crippen LogP contribution >= 0.6 is 0 Å². The summed E-state index contributed by atoms with van der Waals surface area (Å²) in [5.74, 6) is 0.0942. The number of benzene rings is 1. The highest BCUT2D eigenvalue weighted by Gasteiger charge is 2.24. The highest BCUT2D eigenvalue weighted by molar-refractivity contribution is 5.71. The summed E-state index contributed by atoms with van der Waals surface area (Å²) in [5.41, 5.74) is 7.30. The van der Waals surface area contributed by atoms with Gasteiger partial charge in [-0.05, 0) is 37.5 Å². The van der Waals surface area contributed by atoms with E-state index in [2.05, 4.69) is 20.6 Å². The molecule has 0 amide bonds. The van der Waals surface area contributed by atoms with Gasteiger partial charge in [0.05, 0.1) is 11.0 Å². The molecule has 1 aromatic heterocycles. The Morgan fingerprint density at radius 2 is 2.28 bits per heavy atom. The predicted octanol–water partition coefficient (Wildman–Crippen LogP) is 2.61. The van der Waals surface area contributed by atoms with Crippen molar-refractivity contribution in [2.75, 3.05) is 29.5 Å². The molecule has 4 N–H and O–H groups in total. The van der Waals surface area contributed by atoms with E-state index in [0.29, 0.717) is 13.2 Å². The van der Waals surface area contributed by atoms with Crippen molar-refractivity contribution < 1.29 is 9.66 Å². The summed E-state index contributed by atoms with van der Waals surface area (Å²) in [6.07, 6.45) is 1.92. The number of nitrogens with one attached hydrogen (secondary N) is 2. The maximum Gasteiger partial charge on any atom is 0.353 e. The molecule has 132 valence electrons. The summed E-state index contributed by atoms with van der Waals surface area (Å²) in [6.45, 7) is 3.10. The zero-order valence-corrected chi connectivity index (χ0v) is 13.9. The molecular weight excluding hydrogens is 324 g/mol. The number of hydrogen-bond acceptors (Lipinski definition) is 8. The third-order valence-electron chi connectivity index (χ3n) is 3.89. The minimum absolute atomic E-state index is 0.0176. The van der Waals surface area contributed by atoms with Crippen LogP contribution in [0.25, 0.3) is 0 Å². The molecule has 0 bridgehead atoms. The number of anilines is 4. The smallest absolute Gasteiger partial charge is 0.353 e. The summed E-state index contributed by atoms with van der Waals surface area (Å²) >= 11 is 0. The van der Waals surface area contributed by atoms with Crippen molar-refractivity contribution >= 4 is 29.0 Å². The molecule has 1 aliphatic rings. The molecule has 1 aliphatic heterocycles. The first-order valence-corrected chi connectivity index (χ1v) is 8.04. The van der Waals surface area contributed by atoms with Gasteiger partial charge in [-0.1, -0.05) is 12.1 Å². The predicted molar refractivity (Wildman–Crippen MR) is 95.0 cm³/mol. The average molecular weight is 344 g/mol. The number of ether oxygens (including phenoxy) is 1. The van der Waals surface area contributed by atoms with E-state index in [1.807, 2.05) is 31.2 Å². The standard InChI is InChI=1S/C16H20N6O3/c1-10-4-2-5-11(8-10)19-16-20-14(17)13(22(23)24)15(21-16)18-9-12-6-3-7-25-12/h2,4-5,8,12H,3,6-7,9H2,1H3,(H4,17,18,19,20,21)/t12-/m0/s1. The molecule has 9 heteroatoms. The van der Waals surface area contributed by atoms with Crippen molar-refractivity contribution in [1.29, 1.82) is 0 Å². The minimum atomic E-state index is -0.580. The van der Waals surface area contributed by atoms with E-state index < -0.39 is 4.92 Å². The van der Waals surface area contributed by atoms with Crippen molar-refractivity contribution in [2.45, 2.75) is 25.9 Å². The van der Waals surface area contributed by atoms with Gasteiger partial charge >= 0.3 is 5.69 Å². The summed E-state index contributed by atoms with van der Waals surface area (Å²) in [7, 11) is 0. The molecule has 2 heterocycles. The second kappa shape index (κ2) is 7.31. The molecule has 2 aromatic rings. The first-order chi connectivity index (χ1) is 12.0. The minimum Gasteiger partial charge on any atom is -0.378 e. The lowest BCUT2D eigenvalue weighted by molar-refractivity contribution is -0.383. The third-order valence-corrected chi connectivity index (χ3v) is 3.89. The third kappa shape index (κ3) is 4.13.